The van der Waals surface area contributed by atoms with Crippen LogP contribution >= 0.6 is 0 Å². The SMILES string of the molecule is O=C(/C=C1/NC2(CCCC2)Cc2ccccc21)C(=O)N/N=C/c1cccc([N+](=O)[O-])c1. The summed E-state index contributed by atoms with van der Waals surface area (Å²) < 4.78 is 0. The third-order valence-corrected chi connectivity index (χ3v) is 5.76. The van der Waals surface area contributed by atoms with Crippen molar-refractivity contribution in [1.29, 1.82) is 0 Å². The molecule has 2 aromatic rings. The van der Waals surface area contributed by atoms with E-state index < -0.39 is 16.6 Å². The number of amides is 1. The molecule has 2 N–H and O–H groups in total. The maximum absolute atomic E-state index is 12.5. The van der Waals surface area contributed by atoms with Crippen molar-refractivity contribution in [2.24, 2.45) is 5.10 Å². The van der Waals surface area contributed by atoms with Crippen molar-refractivity contribution in [3.63, 3.8) is 0 Å². The van der Waals surface area contributed by atoms with Crippen LogP contribution in [0.3, 0.4) is 0 Å². The number of carbonyl (C=O) groups excluding carboxylic acids is 2. The number of fused-ring (bicyclic) bond motifs is 1. The summed E-state index contributed by atoms with van der Waals surface area (Å²) in [5.74, 6) is -1.59. The lowest BCUT2D eigenvalue weighted by atomic mass is 9.82. The standard InChI is InChI=1S/C23H22N4O4/c28-21(22(29)26-24-15-16-6-5-8-18(12-16)27(30)31)13-20-19-9-2-1-7-17(19)14-23(25-20)10-3-4-11-23/h1-2,5-9,12-13,15,25H,3-4,10-11,14H2,(H,26,29)/b20-13+,24-15+. The Morgan fingerprint density at radius 2 is 1.90 bits per heavy atom. The molecule has 1 saturated carbocycles. The molecule has 1 heterocycles. The molecule has 2 aliphatic rings. The topological polar surface area (TPSA) is 114 Å². The summed E-state index contributed by atoms with van der Waals surface area (Å²) in [6.45, 7) is 0. The highest BCUT2D eigenvalue weighted by Gasteiger charge is 2.38. The van der Waals surface area contributed by atoms with Gasteiger partial charge in [0.05, 0.1) is 11.1 Å². The van der Waals surface area contributed by atoms with E-state index >= 15 is 0 Å². The Hall–Kier alpha value is -3.81. The number of nitrogens with one attached hydrogen (secondary N) is 2. The van der Waals surface area contributed by atoms with Crippen molar-refractivity contribution >= 4 is 29.3 Å². The van der Waals surface area contributed by atoms with E-state index in [9.17, 15) is 19.7 Å². The second kappa shape index (κ2) is 8.51. The lowest BCUT2D eigenvalue weighted by Gasteiger charge is -2.38. The molecular weight excluding hydrogens is 396 g/mol. The van der Waals surface area contributed by atoms with Crippen LogP contribution in [0.15, 0.2) is 59.7 Å². The average Bonchev–Trinajstić information content (AvgIpc) is 3.21. The van der Waals surface area contributed by atoms with Gasteiger partial charge in [-0.15, -0.1) is 0 Å². The number of nitro benzene ring substituents is 1. The highest BCUT2D eigenvalue weighted by Crippen LogP contribution is 2.39. The summed E-state index contributed by atoms with van der Waals surface area (Å²) in [5, 5.41) is 18.1. The van der Waals surface area contributed by atoms with E-state index in [1.807, 2.05) is 18.2 Å². The highest BCUT2D eigenvalue weighted by molar-refractivity contribution is 6.41. The molecular formula is C23H22N4O4. The summed E-state index contributed by atoms with van der Waals surface area (Å²) in [6.07, 6.45) is 7.85. The number of hydrogen-bond acceptors (Lipinski definition) is 6. The lowest BCUT2D eigenvalue weighted by Crippen LogP contribution is -2.47. The third-order valence-electron chi connectivity index (χ3n) is 5.76. The van der Waals surface area contributed by atoms with E-state index in [0.29, 0.717) is 11.3 Å². The summed E-state index contributed by atoms with van der Waals surface area (Å²) in [4.78, 5) is 35.1. The smallest absolute Gasteiger partial charge is 0.311 e. The van der Waals surface area contributed by atoms with Gasteiger partial charge >= 0.3 is 5.91 Å². The Labute approximate surface area is 179 Å². The maximum Gasteiger partial charge on any atom is 0.311 e. The predicted octanol–water partition coefficient (Wildman–Crippen LogP) is 3.11. The van der Waals surface area contributed by atoms with E-state index in [4.69, 9.17) is 0 Å². The second-order valence-corrected chi connectivity index (χ2v) is 7.92. The molecule has 1 spiro atoms. The molecule has 1 aliphatic carbocycles. The van der Waals surface area contributed by atoms with Crippen LogP contribution in [0.2, 0.25) is 0 Å². The molecule has 0 aromatic heterocycles. The van der Waals surface area contributed by atoms with Gasteiger partial charge < -0.3 is 5.32 Å². The number of non-ortho nitro benzene ring substituents is 1. The van der Waals surface area contributed by atoms with Gasteiger partial charge in [0.2, 0.25) is 5.78 Å². The average molecular weight is 418 g/mol. The first-order valence-corrected chi connectivity index (χ1v) is 10.2. The largest absolute Gasteiger partial charge is 0.379 e. The molecule has 0 unspecified atom stereocenters. The lowest BCUT2D eigenvalue weighted by molar-refractivity contribution is -0.384. The molecule has 8 heteroatoms. The number of carbonyl (C=O) groups is 2. The van der Waals surface area contributed by atoms with Crippen molar-refractivity contribution in [3.8, 4) is 0 Å². The third kappa shape index (κ3) is 4.53. The van der Waals surface area contributed by atoms with Crippen LogP contribution in [0.5, 0.6) is 0 Å². The number of nitrogens with zero attached hydrogens (tertiary/aromatic N) is 2. The fourth-order valence-corrected chi connectivity index (χ4v) is 4.30. The zero-order chi connectivity index (χ0) is 21.8. The van der Waals surface area contributed by atoms with Gasteiger partial charge in [0.1, 0.15) is 0 Å². The van der Waals surface area contributed by atoms with Crippen LogP contribution in [0, 0.1) is 10.1 Å². The van der Waals surface area contributed by atoms with Gasteiger partial charge in [0, 0.05) is 40.6 Å². The van der Waals surface area contributed by atoms with Crippen molar-refractivity contribution in [2.75, 3.05) is 0 Å². The van der Waals surface area contributed by atoms with Crippen LogP contribution in [-0.4, -0.2) is 28.4 Å². The van der Waals surface area contributed by atoms with E-state index in [1.165, 1.54) is 36.1 Å². The van der Waals surface area contributed by atoms with Crippen LogP contribution in [-0.2, 0) is 16.0 Å². The normalized spacial score (nSPS) is 18.0. The predicted molar refractivity (Wildman–Crippen MR) is 116 cm³/mol. The molecule has 0 atom stereocenters. The monoisotopic (exact) mass is 418 g/mol. The molecule has 1 amide bonds. The molecule has 8 nitrogen and oxygen atoms in total. The maximum atomic E-state index is 12.5. The zero-order valence-electron chi connectivity index (χ0n) is 16.8. The Balaban J connectivity index is 1.48. The Morgan fingerprint density at radius 1 is 1.13 bits per heavy atom. The number of hydrazone groups is 1. The summed E-state index contributed by atoms with van der Waals surface area (Å²) in [6, 6.07) is 13.7. The summed E-state index contributed by atoms with van der Waals surface area (Å²) >= 11 is 0. The van der Waals surface area contributed by atoms with Gasteiger partial charge in [-0.25, -0.2) is 5.43 Å². The number of hydrogen-bond donors (Lipinski definition) is 2. The molecule has 2 aromatic carbocycles. The number of rotatable bonds is 5. The van der Waals surface area contributed by atoms with Gasteiger partial charge in [-0.3, -0.25) is 19.7 Å². The molecule has 0 saturated heterocycles. The number of nitro groups is 1. The molecule has 4 rings (SSSR count). The number of benzene rings is 2. The molecule has 31 heavy (non-hydrogen) atoms. The van der Waals surface area contributed by atoms with Crippen molar-refractivity contribution in [3.05, 3.63) is 81.4 Å². The molecule has 1 aliphatic heterocycles. The second-order valence-electron chi connectivity index (χ2n) is 7.92. The quantitative estimate of drug-likeness (QED) is 0.255. The Kier molecular flexibility index (Phi) is 5.62. The first-order chi connectivity index (χ1) is 15.0. The molecule has 158 valence electrons. The van der Waals surface area contributed by atoms with Crippen LogP contribution in [0.1, 0.15) is 42.4 Å². The Morgan fingerprint density at radius 3 is 2.68 bits per heavy atom. The van der Waals surface area contributed by atoms with Crippen molar-refractivity contribution < 1.29 is 14.5 Å². The van der Waals surface area contributed by atoms with Gasteiger partial charge in [-0.05, 0) is 24.8 Å². The Bertz CT molecular complexity index is 1100. The minimum absolute atomic E-state index is 0.0584. The molecule has 1 fully saturated rings. The fourth-order valence-electron chi connectivity index (χ4n) is 4.30. The van der Waals surface area contributed by atoms with Gasteiger partial charge in [0.25, 0.3) is 5.69 Å². The summed E-state index contributed by atoms with van der Waals surface area (Å²) in [7, 11) is 0. The first-order valence-electron chi connectivity index (χ1n) is 10.2. The minimum Gasteiger partial charge on any atom is -0.379 e. The van der Waals surface area contributed by atoms with E-state index in [-0.39, 0.29) is 11.2 Å². The van der Waals surface area contributed by atoms with E-state index in [0.717, 1.165) is 37.7 Å². The van der Waals surface area contributed by atoms with E-state index in [2.05, 4.69) is 21.9 Å². The van der Waals surface area contributed by atoms with Gasteiger partial charge in [-0.2, -0.15) is 5.10 Å². The number of ketones is 1. The zero-order valence-corrected chi connectivity index (χ0v) is 16.8. The fraction of sp³-hybridized carbons (Fsp3) is 0.261. The molecule has 0 bridgehead atoms. The first kappa shape index (κ1) is 20.5. The van der Waals surface area contributed by atoms with Crippen LogP contribution < -0.4 is 10.7 Å². The highest BCUT2D eigenvalue weighted by atomic mass is 16.6. The van der Waals surface area contributed by atoms with E-state index in [1.54, 1.807) is 6.07 Å². The molecule has 0 radical (unpaired) electrons. The van der Waals surface area contributed by atoms with Gasteiger partial charge in [-0.1, -0.05) is 49.2 Å². The van der Waals surface area contributed by atoms with Crippen molar-refractivity contribution in [1.82, 2.24) is 10.7 Å². The summed E-state index contributed by atoms with van der Waals surface area (Å²) in [5.41, 5.74) is 5.25. The van der Waals surface area contributed by atoms with Crippen LogP contribution in [0.4, 0.5) is 5.69 Å². The van der Waals surface area contributed by atoms with Crippen LogP contribution in [0.25, 0.3) is 5.70 Å². The minimum atomic E-state index is -0.875. The van der Waals surface area contributed by atoms with Crippen molar-refractivity contribution in [2.45, 2.75) is 37.6 Å². The van der Waals surface area contributed by atoms with Gasteiger partial charge in [0.15, 0.2) is 0 Å².